The van der Waals surface area contributed by atoms with Crippen LogP contribution in [0.5, 0.6) is 0 Å². The fourth-order valence-corrected chi connectivity index (χ4v) is 3.19. The van der Waals surface area contributed by atoms with E-state index in [0.717, 1.165) is 19.3 Å². The summed E-state index contributed by atoms with van der Waals surface area (Å²) in [6.07, 6.45) is 22.8. The number of nitrogens with zero attached hydrogens (tertiary/aromatic N) is 1. The first kappa shape index (κ1) is 21.9. The molecule has 1 rings (SSSR count). The van der Waals surface area contributed by atoms with E-state index in [4.69, 9.17) is 4.74 Å². The lowest BCUT2D eigenvalue weighted by Crippen LogP contribution is -2.36. The van der Waals surface area contributed by atoms with Crippen molar-refractivity contribution in [3.05, 3.63) is 12.2 Å². The van der Waals surface area contributed by atoms with Crippen LogP contribution in [0, 0.1) is 0 Å². The average molecular weight is 352 g/mol. The van der Waals surface area contributed by atoms with Crippen LogP contribution in [-0.2, 0) is 9.53 Å². The second-order valence-corrected chi connectivity index (χ2v) is 7.05. The molecule has 144 valence electrons. The predicted molar refractivity (Wildman–Crippen MR) is 104 cm³/mol. The maximum Gasteiger partial charge on any atom is 0.359 e. The van der Waals surface area contributed by atoms with Gasteiger partial charge in [-0.15, -0.1) is 0 Å². The molecule has 1 aliphatic rings. The first-order valence-electron chi connectivity index (χ1n) is 10.3. The number of hydrogen-bond donors (Lipinski definition) is 1. The third-order valence-electron chi connectivity index (χ3n) is 4.81. The Balaban J connectivity index is 1.88. The zero-order valence-corrected chi connectivity index (χ0v) is 16.0. The predicted octanol–water partition coefficient (Wildman–Crippen LogP) is 5.91. The number of allylic oxidation sites excluding steroid dienone is 2. The van der Waals surface area contributed by atoms with Gasteiger partial charge in [0.2, 0.25) is 0 Å². The van der Waals surface area contributed by atoms with Crippen LogP contribution in [0.2, 0.25) is 0 Å². The molecule has 0 aromatic carbocycles. The normalized spacial score (nSPS) is 19.9. The van der Waals surface area contributed by atoms with Gasteiger partial charge in [-0.25, -0.2) is 4.79 Å². The Morgan fingerprint density at radius 1 is 1.00 bits per heavy atom. The number of unbranched alkanes of at least 4 members (excludes halogenated alkanes) is 11. The molecule has 0 amide bonds. The van der Waals surface area contributed by atoms with Crippen LogP contribution >= 0.6 is 0 Å². The molecule has 0 bridgehead atoms. The van der Waals surface area contributed by atoms with E-state index < -0.39 is 11.7 Å². The highest BCUT2D eigenvalue weighted by atomic mass is 16.5. The molecule has 0 fully saturated rings. The molecule has 0 spiro atoms. The Labute approximate surface area is 153 Å². The quantitative estimate of drug-likeness (QED) is 0.278. The highest BCUT2D eigenvalue weighted by Crippen LogP contribution is 2.25. The number of hydrogen-bond acceptors (Lipinski definition) is 3. The summed E-state index contributed by atoms with van der Waals surface area (Å²) in [5, 5.41) is 9.23. The lowest BCUT2D eigenvalue weighted by molar-refractivity contribution is -0.161. The Hall–Kier alpha value is -1.16. The fourth-order valence-electron chi connectivity index (χ4n) is 3.19. The number of rotatable bonds is 16. The highest BCUT2D eigenvalue weighted by Gasteiger charge is 2.40. The lowest BCUT2D eigenvalue weighted by atomic mass is 10.0. The Bertz CT molecular complexity index is 406. The largest absolute Gasteiger partial charge is 0.478 e. The van der Waals surface area contributed by atoms with Gasteiger partial charge in [-0.05, 0) is 32.1 Å². The second-order valence-electron chi connectivity index (χ2n) is 7.05. The number of aliphatic imine (C=N–C) groups is 1. The summed E-state index contributed by atoms with van der Waals surface area (Å²) in [5.74, 6) is -0.961. The highest BCUT2D eigenvalue weighted by molar-refractivity contribution is 5.81. The van der Waals surface area contributed by atoms with Crippen molar-refractivity contribution in [3.8, 4) is 0 Å². The van der Waals surface area contributed by atoms with Crippen LogP contribution < -0.4 is 0 Å². The van der Waals surface area contributed by atoms with Crippen LogP contribution in [0.15, 0.2) is 17.1 Å². The van der Waals surface area contributed by atoms with E-state index in [2.05, 4.69) is 24.1 Å². The summed E-state index contributed by atoms with van der Waals surface area (Å²) < 4.78 is 5.29. The molecule has 0 radical (unpaired) electrons. The molecule has 0 saturated carbocycles. The van der Waals surface area contributed by atoms with Crippen LogP contribution in [-0.4, -0.2) is 29.6 Å². The van der Waals surface area contributed by atoms with Gasteiger partial charge in [0, 0.05) is 12.6 Å². The van der Waals surface area contributed by atoms with Gasteiger partial charge in [-0.3, -0.25) is 4.99 Å². The van der Waals surface area contributed by atoms with Gasteiger partial charge in [0.05, 0.1) is 6.61 Å². The van der Waals surface area contributed by atoms with Crippen molar-refractivity contribution < 1.29 is 14.6 Å². The molecule has 1 aliphatic heterocycles. The van der Waals surface area contributed by atoms with Crippen LogP contribution in [0.1, 0.15) is 96.8 Å². The standard InChI is InChI=1S/C21H37NO3/c1-2-3-4-5-6-7-8-9-10-11-12-13-14-15-16-17-21(20(23)24)22-18-19-25-21/h9-10,18H,2-8,11-17,19H2,1H3,(H,23,24). The van der Waals surface area contributed by atoms with Crippen molar-refractivity contribution in [2.45, 2.75) is 103 Å². The molecule has 0 saturated heterocycles. The maximum absolute atomic E-state index is 11.3. The van der Waals surface area contributed by atoms with E-state index in [1.807, 2.05) is 0 Å². The molecule has 0 aromatic rings. The Morgan fingerprint density at radius 2 is 1.56 bits per heavy atom. The molecular formula is C21H37NO3. The fraction of sp³-hybridized carbons (Fsp3) is 0.810. The first-order valence-corrected chi connectivity index (χ1v) is 10.3. The number of aliphatic carboxylic acids is 1. The van der Waals surface area contributed by atoms with Crippen molar-refractivity contribution >= 4 is 12.2 Å². The van der Waals surface area contributed by atoms with E-state index in [1.165, 1.54) is 64.2 Å². The molecule has 1 unspecified atom stereocenters. The summed E-state index contributed by atoms with van der Waals surface area (Å²) in [4.78, 5) is 15.3. The topological polar surface area (TPSA) is 58.9 Å². The van der Waals surface area contributed by atoms with Gasteiger partial charge in [0.1, 0.15) is 0 Å². The van der Waals surface area contributed by atoms with Gasteiger partial charge in [0.15, 0.2) is 0 Å². The summed E-state index contributed by atoms with van der Waals surface area (Å²) in [6.45, 7) is 2.57. The van der Waals surface area contributed by atoms with E-state index in [1.54, 1.807) is 6.21 Å². The molecule has 0 aliphatic carbocycles. The molecule has 1 N–H and O–H groups in total. The number of carbonyl (C=O) groups is 1. The SMILES string of the molecule is CCCCCCCCC=CCCCCCCCC1(C(=O)O)N=CCO1. The van der Waals surface area contributed by atoms with Crippen LogP contribution in [0.25, 0.3) is 0 Å². The summed E-state index contributed by atoms with van der Waals surface area (Å²) in [7, 11) is 0. The third kappa shape index (κ3) is 9.78. The zero-order chi connectivity index (χ0) is 18.2. The van der Waals surface area contributed by atoms with E-state index in [0.29, 0.717) is 13.0 Å². The Morgan fingerprint density at radius 3 is 2.08 bits per heavy atom. The summed E-state index contributed by atoms with van der Waals surface area (Å²) in [5.41, 5.74) is -1.29. The minimum absolute atomic E-state index is 0.317. The summed E-state index contributed by atoms with van der Waals surface area (Å²) in [6, 6.07) is 0. The summed E-state index contributed by atoms with van der Waals surface area (Å²) >= 11 is 0. The Kier molecular flexibility index (Phi) is 12.3. The molecule has 4 nitrogen and oxygen atoms in total. The molecule has 0 aromatic heterocycles. The van der Waals surface area contributed by atoms with Gasteiger partial charge in [0.25, 0.3) is 5.72 Å². The third-order valence-corrected chi connectivity index (χ3v) is 4.81. The van der Waals surface area contributed by atoms with Crippen molar-refractivity contribution in [2.75, 3.05) is 6.61 Å². The van der Waals surface area contributed by atoms with Crippen LogP contribution in [0.3, 0.4) is 0 Å². The van der Waals surface area contributed by atoms with Gasteiger partial charge >= 0.3 is 5.97 Å². The van der Waals surface area contributed by atoms with Gasteiger partial charge in [-0.1, -0.05) is 70.4 Å². The molecule has 1 atom stereocenters. The van der Waals surface area contributed by atoms with E-state index in [-0.39, 0.29) is 0 Å². The smallest absolute Gasteiger partial charge is 0.359 e. The maximum atomic E-state index is 11.3. The van der Waals surface area contributed by atoms with Crippen molar-refractivity contribution in [1.29, 1.82) is 0 Å². The minimum atomic E-state index is -1.29. The van der Waals surface area contributed by atoms with Gasteiger partial charge < -0.3 is 9.84 Å². The first-order chi connectivity index (χ1) is 12.2. The number of ether oxygens (including phenoxy) is 1. The molecule has 1 heterocycles. The molecule has 25 heavy (non-hydrogen) atoms. The number of carboxylic acid groups (broad SMARTS) is 1. The van der Waals surface area contributed by atoms with Crippen LogP contribution in [0.4, 0.5) is 0 Å². The number of carboxylic acids is 1. The van der Waals surface area contributed by atoms with Gasteiger partial charge in [-0.2, -0.15) is 0 Å². The van der Waals surface area contributed by atoms with E-state index >= 15 is 0 Å². The van der Waals surface area contributed by atoms with Crippen molar-refractivity contribution in [3.63, 3.8) is 0 Å². The lowest BCUT2D eigenvalue weighted by Gasteiger charge is -2.20. The van der Waals surface area contributed by atoms with Crippen molar-refractivity contribution in [2.24, 2.45) is 4.99 Å². The minimum Gasteiger partial charge on any atom is -0.478 e. The zero-order valence-electron chi connectivity index (χ0n) is 16.0. The van der Waals surface area contributed by atoms with E-state index in [9.17, 15) is 9.90 Å². The van der Waals surface area contributed by atoms with Crippen molar-refractivity contribution in [1.82, 2.24) is 0 Å². The molecular weight excluding hydrogens is 314 g/mol. The molecule has 4 heteroatoms. The average Bonchev–Trinajstić information content (AvgIpc) is 3.08. The monoisotopic (exact) mass is 351 g/mol. The second kappa shape index (κ2) is 14.1.